The number of para-hydroxylation sites is 1. The summed E-state index contributed by atoms with van der Waals surface area (Å²) in [5.74, 6) is -0.899. The van der Waals surface area contributed by atoms with Crippen molar-refractivity contribution in [2.45, 2.75) is 13.5 Å². The average Bonchev–Trinajstić information content (AvgIpc) is 2.69. The standard InChI is InChI=1S/C21H18F2N2O4/c1-2-28-18-9-5-8-15(19(18)29-21(22)23)12-24-25-20(27)16-10-13-6-3-4-7-14(13)11-17(16)26/h3-12,21,26H,2H2,1H3,(H,25,27)/b24-12-. The lowest BCUT2D eigenvalue weighted by Gasteiger charge is -2.13. The number of nitrogens with one attached hydrogen (secondary N) is 1. The average molecular weight is 400 g/mol. The summed E-state index contributed by atoms with van der Waals surface area (Å²) in [5.41, 5.74) is 2.50. The number of hydrogen-bond donors (Lipinski definition) is 2. The summed E-state index contributed by atoms with van der Waals surface area (Å²) in [7, 11) is 0. The van der Waals surface area contributed by atoms with E-state index in [-0.39, 0.29) is 35.0 Å². The predicted octanol–water partition coefficient (Wildman–Crippen LogP) is 4.31. The zero-order chi connectivity index (χ0) is 20.8. The molecule has 0 atom stereocenters. The van der Waals surface area contributed by atoms with Crippen molar-refractivity contribution < 1.29 is 28.2 Å². The normalized spacial score (nSPS) is 11.2. The van der Waals surface area contributed by atoms with Gasteiger partial charge < -0.3 is 14.6 Å². The third-order valence-corrected chi connectivity index (χ3v) is 3.99. The van der Waals surface area contributed by atoms with Crippen LogP contribution in [-0.4, -0.2) is 30.4 Å². The van der Waals surface area contributed by atoms with Gasteiger partial charge in [-0.3, -0.25) is 4.79 Å². The van der Waals surface area contributed by atoms with Gasteiger partial charge in [-0.05, 0) is 42.0 Å². The van der Waals surface area contributed by atoms with E-state index in [0.717, 1.165) is 17.0 Å². The van der Waals surface area contributed by atoms with Crippen molar-refractivity contribution in [2.24, 2.45) is 5.10 Å². The Morgan fingerprint density at radius 1 is 1.17 bits per heavy atom. The molecule has 1 amide bonds. The van der Waals surface area contributed by atoms with Crippen molar-refractivity contribution in [1.29, 1.82) is 0 Å². The maximum atomic E-state index is 12.7. The highest BCUT2D eigenvalue weighted by Gasteiger charge is 2.15. The minimum Gasteiger partial charge on any atom is -0.507 e. The zero-order valence-corrected chi connectivity index (χ0v) is 15.4. The fraction of sp³-hybridized carbons (Fsp3) is 0.143. The molecule has 29 heavy (non-hydrogen) atoms. The maximum Gasteiger partial charge on any atom is 0.387 e. The quantitative estimate of drug-likeness (QED) is 0.458. The first-order valence-corrected chi connectivity index (χ1v) is 8.75. The van der Waals surface area contributed by atoms with Gasteiger partial charge in [0.05, 0.1) is 18.4 Å². The molecule has 0 saturated heterocycles. The fourth-order valence-electron chi connectivity index (χ4n) is 2.75. The van der Waals surface area contributed by atoms with Gasteiger partial charge in [0.25, 0.3) is 5.91 Å². The van der Waals surface area contributed by atoms with Crippen LogP contribution < -0.4 is 14.9 Å². The van der Waals surface area contributed by atoms with Crippen LogP contribution in [0.3, 0.4) is 0 Å². The van der Waals surface area contributed by atoms with Crippen molar-refractivity contribution >= 4 is 22.9 Å². The highest BCUT2D eigenvalue weighted by molar-refractivity contribution is 6.01. The summed E-state index contributed by atoms with van der Waals surface area (Å²) >= 11 is 0. The van der Waals surface area contributed by atoms with Crippen molar-refractivity contribution in [3.8, 4) is 17.2 Å². The van der Waals surface area contributed by atoms with Crippen LogP contribution >= 0.6 is 0 Å². The van der Waals surface area contributed by atoms with Crippen molar-refractivity contribution in [3.63, 3.8) is 0 Å². The van der Waals surface area contributed by atoms with E-state index < -0.39 is 12.5 Å². The van der Waals surface area contributed by atoms with E-state index >= 15 is 0 Å². The Labute approximate surface area is 165 Å². The van der Waals surface area contributed by atoms with Crippen LogP contribution in [0, 0.1) is 0 Å². The van der Waals surface area contributed by atoms with Crippen LogP contribution in [-0.2, 0) is 0 Å². The summed E-state index contributed by atoms with van der Waals surface area (Å²) in [6.07, 6.45) is 1.16. The van der Waals surface area contributed by atoms with Crippen LogP contribution in [0.15, 0.2) is 59.7 Å². The topological polar surface area (TPSA) is 80.2 Å². The number of aromatic hydroxyl groups is 1. The number of rotatable bonds is 7. The van der Waals surface area contributed by atoms with Gasteiger partial charge in [0, 0.05) is 5.56 Å². The number of alkyl halides is 2. The van der Waals surface area contributed by atoms with Crippen LogP contribution in [0.25, 0.3) is 10.8 Å². The number of phenols is 1. The summed E-state index contributed by atoms with van der Waals surface area (Å²) < 4.78 is 35.3. The number of carbonyl (C=O) groups is 1. The Morgan fingerprint density at radius 2 is 1.90 bits per heavy atom. The Morgan fingerprint density at radius 3 is 2.59 bits per heavy atom. The molecular formula is C21H18F2N2O4. The zero-order valence-electron chi connectivity index (χ0n) is 15.4. The lowest BCUT2D eigenvalue weighted by molar-refractivity contribution is -0.0515. The number of benzene rings is 3. The predicted molar refractivity (Wildman–Crippen MR) is 105 cm³/mol. The Hall–Kier alpha value is -3.68. The molecule has 0 saturated carbocycles. The number of halogens is 2. The number of hydrazone groups is 1. The van der Waals surface area contributed by atoms with E-state index in [2.05, 4.69) is 15.3 Å². The van der Waals surface area contributed by atoms with E-state index in [9.17, 15) is 18.7 Å². The summed E-state index contributed by atoms with van der Waals surface area (Å²) in [6.45, 7) is -1.07. The van der Waals surface area contributed by atoms with Gasteiger partial charge in [0.15, 0.2) is 11.5 Å². The number of fused-ring (bicyclic) bond motifs is 1. The molecule has 0 aliphatic rings. The second-order valence-electron chi connectivity index (χ2n) is 5.90. The molecule has 3 aromatic rings. The van der Waals surface area contributed by atoms with Gasteiger partial charge >= 0.3 is 6.61 Å². The minimum atomic E-state index is -3.05. The number of hydrogen-bond acceptors (Lipinski definition) is 5. The van der Waals surface area contributed by atoms with Crippen LogP contribution in [0.5, 0.6) is 17.2 Å². The number of carbonyl (C=O) groups excluding carboxylic acids is 1. The molecule has 0 aromatic heterocycles. The van der Waals surface area contributed by atoms with Crippen molar-refractivity contribution in [2.75, 3.05) is 6.61 Å². The first-order valence-electron chi connectivity index (χ1n) is 8.75. The number of nitrogens with zero attached hydrogens (tertiary/aromatic N) is 1. The molecule has 3 aromatic carbocycles. The molecule has 0 bridgehead atoms. The van der Waals surface area contributed by atoms with E-state index in [0.29, 0.717) is 0 Å². The maximum absolute atomic E-state index is 12.7. The number of amides is 1. The molecule has 0 spiro atoms. The van der Waals surface area contributed by atoms with Gasteiger partial charge in [-0.2, -0.15) is 13.9 Å². The monoisotopic (exact) mass is 400 g/mol. The molecule has 0 radical (unpaired) electrons. The van der Waals surface area contributed by atoms with E-state index in [4.69, 9.17) is 4.74 Å². The largest absolute Gasteiger partial charge is 0.507 e. The van der Waals surface area contributed by atoms with E-state index in [1.165, 1.54) is 24.3 Å². The molecule has 3 rings (SSSR count). The number of phenolic OH excluding ortho intramolecular Hbond substituents is 1. The first kappa shape index (κ1) is 20.1. The molecule has 0 unspecified atom stereocenters. The highest BCUT2D eigenvalue weighted by atomic mass is 19.3. The fourth-order valence-corrected chi connectivity index (χ4v) is 2.75. The highest BCUT2D eigenvalue weighted by Crippen LogP contribution is 2.32. The molecule has 6 nitrogen and oxygen atoms in total. The van der Waals surface area contributed by atoms with Gasteiger partial charge in [-0.1, -0.05) is 30.3 Å². The molecule has 2 N–H and O–H groups in total. The Balaban J connectivity index is 1.82. The molecule has 0 aliphatic carbocycles. The van der Waals surface area contributed by atoms with Crippen molar-refractivity contribution in [3.05, 3.63) is 65.7 Å². The van der Waals surface area contributed by atoms with Crippen molar-refractivity contribution in [1.82, 2.24) is 5.43 Å². The van der Waals surface area contributed by atoms with Crippen LogP contribution in [0.1, 0.15) is 22.8 Å². The van der Waals surface area contributed by atoms with Gasteiger partial charge in [-0.25, -0.2) is 5.43 Å². The lowest BCUT2D eigenvalue weighted by Crippen LogP contribution is -2.18. The number of ether oxygens (including phenoxy) is 2. The second-order valence-corrected chi connectivity index (χ2v) is 5.90. The molecule has 150 valence electrons. The van der Waals surface area contributed by atoms with Gasteiger partial charge in [0.1, 0.15) is 5.75 Å². The Kier molecular flexibility index (Phi) is 6.23. The summed E-state index contributed by atoms with van der Waals surface area (Å²) in [4.78, 5) is 12.4. The lowest BCUT2D eigenvalue weighted by atomic mass is 10.1. The summed E-state index contributed by atoms with van der Waals surface area (Å²) in [6, 6.07) is 14.8. The van der Waals surface area contributed by atoms with Gasteiger partial charge in [0.2, 0.25) is 0 Å². The SMILES string of the molecule is CCOc1cccc(/C=N\NC(=O)c2cc3ccccc3cc2O)c1OC(F)F. The molecule has 8 heteroatoms. The van der Waals surface area contributed by atoms with Gasteiger partial charge in [-0.15, -0.1) is 0 Å². The first-order chi connectivity index (χ1) is 14.0. The smallest absolute Gasteiger partial charge is 0.387 e. The Bertz CT molecular complexity index is 1050. The molecule has 0 heterocycles. The van der Waals surface area contributed by atoms with Crippen LogP contribution in [0.4, 0.5) is 8.78 Å². The molecule has 0 aliphatic heterocycles. The minimum absolute atomic E-state index is 0.0352. The third kappa shape index (κ3) is 4.78. The van der Waals surface area contributed by atoms with E-state index in [1.54, 1.807) is 13.0 Å². The summed E-state index contributed by atoms with van der Waals surface area (Å²) in [5, 5.41) is 15.5. The molecule has 0 fully saturated rings. The van der Waals surface area contributed by atoms with E-state index in [1.807, 2.05) is 24.3 Å². The van der Waals surface area contributed by atoms with Crippen LogP contribution in [0.2, 0.25) is 0 Å². The molecular weight excluding hydrogens is 382 g/mol. The third-order valence-electron chi connectivity index (χ3n) is 3.99. The second kappa shape index (κ2) is 9.01.